The highest BCUT2D eigenvalue weighted by atomic mass is 16.5. The zero-order valence-corrected chi connectivity index (χ0v) is 16.2. The van der Waals surface area contributed by atoms with Crippen LogP contribution in [0.3, 0.4) is 0 Å². The molecule has 0 radical (unpaired) electrons. The molecule has 0 heterocycles. The minimum atomic E-state index is -0.359. The van der Waals surface area contributed by atoms with Gasteiger partial charge in [0.25, 0.3) is 5.91 Å². The van der Waals surface area contributed by atoms with Gasteiger partial charge in [-0.25, -0.2) is 4.79 Å². The Balaban J connectivity index is 1.89. The third-order valence-electron chi connectivity index (χ3n) is 3.90. The van der Waals surface area contributed by atoms with Crippen molar-refractivity contribution in [3.8, 4) is 5.75 Å². The van der Waals surface area contributed by atoms with Crippen molar-refractivity contribution in [2.75, 3.05) is 18.5 Å². The van der Waals surface area contributed by atoms with E-state index in [4.69, 9.17) is 9.47 Å². The van der Waals surface area contributed by atoms with Crippen molar-refractivity contribution in [3.05, 3.63) is 59.7 Å². The summed E-state index contributed by atoms with van der Waals surface area (Å²) in [5.74, 6) is 0.768. The fourth-order valence-corrected chi connectivity index (χ4v) is 2.29. The van der Waals surface area contributed by atoms with Gasteiger partial charge in [-0.05, 0) is 67.3 Å². The summed E-state index contributed by atoms with van der Waals surface area (Å²) in [5, 5.41) is 2.81. The van der Waals surface area contributed by atoms with Crippen molar-refractivity contribution in [2.24, 2.45) is 5.92 Å². The number of nitrogens with one attached hydrogen (secondary N) is 1. The summed E-state index contributed by atoms with van der Waals surface area (Å²) in [4.78, 5) is 24.1. The van der Waals surface area contributed by atoms with Crippen LogP contribution in [0.25, 0.3) is 0 Å². The van der Waals surface area contributed by atoms with Gasteiger partial charge in [0.2, 0.25) is 0 Å². The number of hydrogen-bond acceptors (Lipinski definition) is 4. The smallest absolute Gasteiger partial charge is 0.338 e. The molecule has 0 fully saturated rings. The van der Waals surface area contributed by atoms with Gasteiger partial charge < -0.3 is 14.8 Å². The quantitative estimate of drug-likeness (QED) is 0.637. The molecule has 0 unspecified atom stereocenters. The molecule has 0 aliphatic rings. The minimum Gasteiger partial charge on any atom is -0.494 e. The van der Waals surface area contributed by atoms with E-state index in [1.54, 1.807) is 48.5 Å². The van der Waals surface area contributed by atoms with E-state index in [1.807, 2.05) is 6.92 Å². The van der Waals surface area contributed by atoms with Gasteiger partial charge in [-0.15, -0.1) is 0 Å². The number of esters is 1. The molecule has 5 nitrogen and oxygen atoms in total. The molecular formula is C22H27NO4. The Hall–Kier alpha value is -2.82. The average molecular weight is 369 g/mol. The molecule has 0 aliphatic carbocycles. The molecule has 0 spiro atoms. The van der Waals surface area contributed by atoms with Crippen LogP contribution in [-0.4, -0.2) is 25.1 Å². The number of rotatable bonds is 9. The first-order valence-electron chi connectivity index (χ1n) is 9.31. The fraction of sp³-hybridized carbons (Fsp3) is 0.364. The summed E-state index contributed by atoms with van der Waals surface area (Å²) in [5.41, 5.74) is 1.62. The molecule has 0 bridgehead atoms. The second kappa shape index (κ2) is 10.4. The SMILES string of the molecule is CCCOC(=O)c1ccc(NC(=O)c2ccc(OCCC(C)C)cc2)cc1. The molecular weight excluding hydrogens is 342 g/mol. The van der Waals surface area contributed by atoms with Gasteiger partial charge in [-0.2, -0.15) is 0 Å². The standard InChI is InChI=1S/C22H27NO4/c1-4-14-27-22(25)18-5-9-19(10-6-18)23-21(24)17-7-11-20(12-8-17)26-15-13-16(2)3/h5-12,16H,4,13-15H2,1-3H3,(H,23,24). The molecule has 27 heavy (non-hydrogen) atoms. The maximum atomic E-state index is 12.3. The average Bonchev–Trinajstić information content (AvgIpc) is 2.67. The van der Waals surface area contributed by atoms with Crippen molar-refractivity contribution in [1.82, 2.24) is 0 Å². The lowest BCUT2D eigenvalue weighted by Crippen LogP contribution is -2.12. The number of anilines is 1. The number of hydrogen-bond donors (Lipinski definition) is 1. The van der Waals surface area contributed by atoms with Crippen LogP contribution >= 0.6 is 0 Å². The molecule has 2 aromatic carbocycles. The first-order valence-corrected chi connectivity index (χ1v) is 9.31. The van der Waals surface area contributed by atoms with Gasteiger partial charge in [-0.1, -0.05) is 20.8 Å². The molecule has 144 valence electrons. The molecule has 0 aromatic heterocycles. The van der Waals surface area contributed by atoms with Crippen LogP contribution in [0.4, 0.5) is 5.69 Å². The summed E-state index contributed by atoms with van der Waals surface area (Å²) >= 11 is 0. The maximum absolute atomic E-state index is 12.3. The Kier molecular flexibility index (Phi) is 7.86. The van der Waals surface area contributed by atoms with Crippen LogP contribution in [0.15, 0.2) is 48.5 Å². The van der Waals surface area contributed by atoms with E-state index in [0.29, 0.717) is 35.9 Å². The van der Waals surface area contributed by atoms with Gasteiger partial charge in [0.1, 0.15) is 5.75 Å². The van der Waals surface area contributed by atoms with E-state index in [2.05, 4.69) is 19.2 Å². The summed E-state index contributed by atoms with van der Waals surface area (Å²) in [6.07, 6.45) is 1.77. The van der Waals surface area contributed by atoms with Gasteiger partial charge >= 0.3 is 5.97 Å². The molecule has 1 N–H and O–H groups in total. The zero-order valence-electron chi connectivity index (χ0n) is 16.2. The van der Waals surface area contributed by atoms with E-state index in [-0.39, 0.29) is 11.9 Å². The predicted molar refractivity (Wildman–Crippen MR) is 106 cm³/mol. The van der Waals surface area contributed by atoms with Gasteiger partial charge in [0, 0.05) is 11.3 Å². The molecule has 1 amide bonds. The lowest BCUT2D eigenvalue weighted by atomic mass is 10.1. The van der Waals surface area contributed by atoms with Gasteiger partial charge in [0.15, 0.2) is 0 Å². The Labute approximate surface area is 160 Å². The van der Waals surface area contributed by atoms with E-state index < -0.39 is 0 Å². The van der Waals surface area contributed by atoms with Crippen molar-refractivity contribution in [3.63, 3.8) is 0 Å². The zero-order chi connectivity index (χ0) is 19.6. The van der Waals surface area contributed by atoms with Crippen LogP contribution in [-0.2, 0) is 4.74 Å². The van der Waals surface area contributed by atoms with Crippen LogP contribution in [0.2, 0.25) is 0 Å². The van der Waals surface area contributed by atoms with E-state index >= 15 is 0 Å². The summed E-state index contributed by atoms with van der Waals surface area (Å²) < 4.78 is 10.7. The number of carbonyl (C=O) groups excluding carboxylic acids is 2. The van der Waals surface area contributed by atoms with Crippen LogP contribution in [0.1, 0.15) is 54.3 Å². The van der Waals surface area contributed by atoms with Crippen LogP contribution in [0, 0.1) is 5.92 Å². The topological polar surface area (TPSA) is 64.6 Å². The van der Waals surface area contributed by atoms with Crippen molar-refractivity contribution < 1.29 is 19.1 Å². The highest BCUT2D eigenvalue weighted by Crippen LogP contribution is 2.16. The Morgan fingerprint density at radius 3 is 2.15 bits per heavy atom. The van der Waals surface area contributed by atoms with Gasteiger partial charge in [-0.3, -0.25) is 4.79 Å². The number of ether oxygens (including phenoxy) is 2. The first kappa shape index (κ1) is 20.5. The minimum absolute atomic E-state index is 0.218. The molecule has 0 aliphatic heterocycles. The molecule has 0 atom stereocenters. The Bertz CT molecular complexity index is 736. The van der Waals surface area contributed by atoms with E-state index in [0.717, 1.165) is 18.6 Å². The van der Waals surface area contributed by atoms with Crippen molar-refractivity contribution in [1.29, 1.82) is 0 Å². The summed E-state index contributed by atoms with van der Waals surface area (Å²) in [7, 11) is 0. The number of benzene rings is 2. The van der Waals surface area contributed by atoms with Crippen LogP contribution in [0.5, 0.6) is 5.75 Å². The molecule has 5 heteroatoms. The fourth-order valence-electron chi connectivity index (χ4n) is 2.29. The summed E-state index contributed by atoms with van der Waals surface area (Å²) in [6.45, 7) is 7.30. The van der Waals surface area contributed by atoms with Gasteiger partial charge in [0.05, 0.1) is 18.8 Å². The van der Waals surface area contributed by atoms with E-state index in [1.165, 1.54) is 0 Å². The maximum Gasteiger partial charge on any atom is 0.338 e. The molecule has 2 rings (SSSR count). The largest absolute Gasteiger partial charge is 0.494 e. The molecule has 0 saturated carbocycles. The molecule has 0 saturated heterocycles. The lowest BCUT2D eigenvalue weighted by Gasteiger charge is -2.09. The predicted octanol–water partition coefficient (Wildman–Crippen LogP) is 4.93. The van der Waals surface area contributed by atoms with Crippen molar-refractivity contribution >= 4 is 17.6 Å². The van der Waals surface area contributed by atoms with E-state index in [9.17, 15) is 9.59 Å². The van der Waals surface area contributed by atoms with Crippen molar-refractivity contribution in [2.45, 2.75) is 33.6 Å². The number of amides is 1. The summed E-state index contributed by atoms with van der Waals surface area (Å²) in [6, 6.07) is 13.7. The third kappa shape index (κ3) is 6.77. The lowest BCUT2D eigenvalue weighted by molar-refractivity contribution is 0.0505. The third-order valence-corrected chi connectivity index (χ3v) is 3.90. The second-order valence-corrected chi connectivity index (χ2v) is 6.72. The highest BCUT2D eigenvalue weighted by Gasteiger charge is 2.09. The molecule has 2 aromatic rings. The normalized spacial score (nSPS) is 10.5. The highest BCUT2D eigenvalue weighted by molar-refractivity contribution is 6.04. The Morgan fingerprint density at radius 1 is 0.926 bits per heavy atom. The Morgan fingerprint density at radius 2 is 1.56 bits per heavy atom. The second-order valence-electron chi connectivity index (χ2n) is 6.72. The number of carbonyl (C=O) groups is 2. The first-order chi connectivity index (χ1) is 13.0. The monoisotopic (exact) mass is 369 g/mol. The van der Waals surface area contributed by atoms with Crippen LogP contribution < -0.4 is 10.1 Å².